The van der Waals surface area contributed by atoms with Crippen LogP contribution in [-0.2, 0) is 4.79 Å². The molecule has 0 aliphatic carbocycles. The summed E-state index contributed by atoms with van der Waals surface area (Å²) in [4.78, 5) is 11.4. The number of unbranched alkanes of at least 4 members (excludes halogenated alkanes) is 2. The molecule has 0 aromatic heterocycles. The van der Waals surface area contributed by atoms with Crippen molar-refractivity contribution in [2.24, 2.45) is 0 Å². The molecule has 0 aliphatic heterocycles. The maximum atomic E-state index is 13.5. The van der Waals surface area contributed by atoms with E-state index in [1.165, 1.54) is 6.92 Å². The highest BCUT2D eigenvalue weighted by Crippen LogP contribution is 2.26. The van der Waals surface area contributed by atoms with Crippen molar-refractivity contribution in [3.8, 4) is 0 Å². The molecule has 1 rings (SSSR count). The lowest BCUT2D eigenvalue weighted by atomic mass is 10.0. The molecule has 1 aromatic carbocycles. The molecule has 0 spiro atoms. The van der Waals surface area contributed by atoms with Crippen LogP contribution in [0.2, 0.25) is 0 Å². The van der Waals surface area contributed by atoms with Crippen LogP contribution in [-0.4, -0.2) is 5.78 Å². The Balaban J connectivity index is 3.30. The van der Waals surface area contributed by atoms with Gasteiger partial charge in [-0.05, 0) is 31.4 Å². The average Bonchev–Trinajstić information content (AvgIpc) is 2.45. The molecular formula is C15H15F5O. The Morgan fingerprint density at radius 2 is 1.38 bits per heavy atom. The van der Waals surface area contributed by atoms with Crippen molar-refractivity contribution in [2.45, 2.75) is 39.5 Å². The van der Waals surface area contributed by atoms with Crippen molar-refractivity contribution in [2.75, 3.05) is 0 Å². The summed E-state index contributed by atoms with van der Waals surface area (Å²) in [6.45, 7) is 3.12. The van der Waals surface area contributed by atoms with Crippen molar-refractivity contribution >= 4 is 11.9 Å². The van der Waals surface area contributed by atoms with Gasteiger partial charge in [-0.25, -0.2) is 22.0 Å². The minimum Gasteiger partial charge on any atom is -0.295 e. The second-order valence-corrected chi connectivity index (χ2v) is 4.67. The minimum atomic E-state index is -2.21. The fraction of sp³-hybridized carbons (Fsp3) is 0.400. The standard InChI is InChI=1S/C15H15F5O/c1-3-4-5-6-9(8(2)21)7-10-11(16)13(18)15(20)14(19)12(10)17/h7H,3-6H2,1-2H3. The van der Waals surface area contributed by atoms with Crippen LogP contribution in [0.4, 0.5) is 22.0 Å². The normalized spacial score (nSPS) is 11.9. The van der Waals surface area contributed by atoms with E-state index < -0.39 is 40.4 Å². The molecule has 1 aromatic rings. The second-order valence-electron chi connectivity index (χ2n) is 4.67. The third-order valence-electron chi connectivity index (χ3n) is 3.06. The molecule has 0 unspecified atom stereocenters. The van der Waals surface area contributed by atoms with E-state index in [9.17, 15) is 26.7 Å². The van der Waals surface area contributed by atoms with Gasteiger partial charge >= 0.3 is 0 Å². The SMILES string of the molecule is CCCCCC(=Cc1c(F)c(F)c(F)c(F)c1F)C(C)=O. The molecule has 0 saturated carbocycles. The van der Waals surface area contributed by atoms with Crippen LogP contribution in [0, 0.1) is 29.1 Å². The first-order valence-electron chi connectivity index (χ1n) is 6.54. The highest BCUT2D eigenvalue weighted by atomic mass is 19.2. The Labute approximate surface area is 119 Å². The largest absolute Gasteiger partial charge is 0.295 e. The molecule has 0 saturated heterocycles. The van der Waals surface area contributed by atoms with Gasteiger partial charge in [0.05, 0.1) is 5.56 Å². The Morgan fingerprint density at radius 3 is 1.81 bits per heavy atom. The van der Waals surface area contributed by atoms with Gasteiger partial charge in [0.2, 0.25) is 5.82 Å². The lowest BCUT2D eigenvalue weighted by Crippen LogP contribution is -2.06. The summed E-state index contributed by atoms with van der Waals surface area (Å²) in [5.41, 5.74) is -1.04. The number of hydrogen-bond donors (Lipinski definition) is 0. The number of allylic oxidation sites excluding steroid dienone is 1. The molecule has 0 N–H and O–H groups in total. The van der Waals surface area contributed by atoms with E-state index in [4.69, 9.17) is 0 Å². The molecule has 6 heteroatoms. The van der Waals surface area contributed by atoms with Crippen LogP contribution in [0.3, 0.4) is 0 Å². The molecule has 0 heterocycles. The molecule has 21 heavy (non-hydrogen) atoms. The zero-order chi connectivity index (χ0) is 16.2. The quantitative estimate of drug-likeness (QED) is 0.239. The van der Waals surface area contributed by atoms with Crippen LogP contribution in [0.15, 0.2) is 5.57 Å². The fourth-order valence-electron chi connectivity index (χ4n) is 1.84. The van der Waals surface area contributed by atoms with Crippen molar-refractivity contribution < 1.29 is 26.7 Å². The molecule has 0 bridgehead atoms. The molecule has 0 fully saturated rings. The van der Waals surface area contributed by atoms with Crippen LogP contribution in [0.5, 0.6) is 0 Å². The summed E-state index contributed by atoms with van der Waals surface area (Å²) in [7, 11) is 0. The maximum absolute atomic E-state index is 13.5. The monoisotopic (exact) mass is 306 g/mol. The third kappa shape index (κ3) is 3.89. The topological polar surface area (TPSA) is 17.1 Å². The summed E-state index contributed by atoms with van der Waals surface area (Å²) in [6, 6.07) is 0. The van der Waals surface area contributed by atoms with Gasteiger partial charge in [-0.3, -0.25) is 4.79 Å². The predicted molar refractivity (Wildman–Crippen MR) is 69.0 cm³/mol. The average molecular weight is 306 g/mol. The number of carbonyl (C=O) groups excluding carboxylic acids is 1. The van der Waals surface area contributed by atoms with Gasteiger partial charge in [-0.15, -0.1) is 0 Å². The van der Waals surface area contributed by atoms with E-state index in [1.54, 1.807) is 0 Å². The van der Waals surface area contributed by atoms with Gasteiger partial charge < -0.3 is 0 Å². The van der Waals surface area contributed by atoms with Crippen LogP contribution >= 0.6 is 0 Å². The number of halogens is 5. The number of Topliss-reactive ketones (excluding diaryl/α,β-unsaturated/α-hetero) is 1. The second kappa shape index (κ2) is 7.33. The maximum Gasteiger partial charge on any atom is 0.200 e. The molecule has 0 radical (unpaired) electrons. The number of hydrogen-bond acceptors (Lipinski definition) is 1. The van der Waals surface area contributed by atoms with E-state index in [-0.39, 0.29) is 12.0 Å². The van der Waals surface area contributed by atoms with Crippen molar-refractivity contribution in [1.82, 2.24) is 0 Å². The Hall–Kier alpha value is -1.72. The van der Waals surface area contributed by atoms with Crippen LogP contribution < -0.4 is 0 Å². The molecular weight excluding hydrogens is 291 g/mol. The zero-order valence-electron chi connectivity index (χ0n) is 11.7. The number of rotatable bonds is 6. The van der Waals surface area contributed by atoms with Crippen molar-refractivity contribution in [3.05, 3.63) is 40.2 Å². The lowest BCUT2D eigenvalue weighted by Gasteiger charge is -2.07. The molecule has 1 nitrogen and oxygen atoms in total. The van der Waals surface area contributed by atoms with Crippen molar-refractivity contribution in [1.29, 1.82) is 0 Å². The van der Waals surface area contributed by atoms with E-state index in [2.05, 4.69) is 0 Å². The van der Waals surface area contributed by atoms with Gasteiger partial charge in [0.15, 0.2) is 29.1 Å². The summed E-state index contributed by atoms with van der Waals surface area (Å²) in [5.74, 6) is -10.6. The lowest BCUT2D eigenvalue weighted by molar-refractivity contribution is -0.113. The summed E-state index contributed by atoms with van der Waals surface area (Å²) >= 11 is 0. The molecule has 116 valence electrons. The highest BCUT2D eigenvalue weighted by Gasteiger charge is 2.25. The van der Waals surface area contributed by atoms with Gasteiger partial charge in [0.25, 0.3) is 0 Å². The Bertz CT molecular complexity index is 549. The van der Waals surface area contributed by atoms with Gasteiger partial charge in [-0.2, -0.15) is 0 Å². The first kappa shape index (κ1) is 17.3. The summed E-state index contributed by atoms with van der Waals surface area (Å²) in [5, 5.41) is 0. The van der Waals surface area contributed by atoms with Gasteiger partial charge in [0.1, 0.15) is 0 Å². The number of carbonyl (C=O) groups is 1. The highest BCUT2D eigenvalue weighted by molar-refractivity contribution is 5.97. The van der Waals surface area contributed by atoms with E-state index in [1.807, 2.05) is 6.92 Å². The van der Waals surface area contributed by atoms with Crippen molar-refractivity contribution in [3.63, 3.8) is 0 Å². The first-order chi connectivity index (χ1) is 9.81. The Morgan fingerprint density at radius 1 is 0.905 bits per heavy atom. The smallest absolute Gasteiger partial charge is 0.200 e. The number of ketones is 1. The van der Waals surface area contributed by atoms with Gasteiger partial charge in [0, 0.05) is 0 Å². The number of benzene rings is 1. The van der Waals surface area contributed by atoms with E-state index in [0.29, 0.717) is 6.42 Å². The first-order valence-corrected chi connectivity index (χ1v) is 6.54. The van der Waals surface area contributed by atoms with Crippen LogP contribution in [0.25, 0.3) is 6.08 Å². The minimum absolute atomic E-state index is 0.0339. The Kier molecular flexibility index (Phi) is 6.05. The fourth-order valence-corrected chi connectivity index (χ4v) is 1.84. The zero-order valence-corrected chi connectivity index (χ0v) is 11.7. The van der Waals surface area contributed by atoms with E-state index >= 15 is 0 Å². The van der Waals surface area contributed by atoms with E-state index in [0.717, 1.165) is 18.9 Å². The molecule has 0 atom stereocenters. The third-order valence-corrected chi connectivity index (χ3v) is 3.06. The summed E-state index contributed by atoms with van der Waals surface area (Å²) < 4.78 is 66.2. The molecule has 0 aliphatic rings. The van der Waals surface area contributed by atoms with Gasteiger partial charge in [-0.1, -0.05) is 19.8 Å². The summed E-state index contributed by atoms with van der Waals surface area (Å²) in [6.07, 6.45) is 3.23. The van der Waals surface area contributed by atoms with Crippen LogP contribution in [0.1, 0.15) is 45.1 Å². The molecule has 0 amide bonds. The predicted octanol–water partition coefficient (Wildman–Crippen LogP) is 4.93.